The number of rotatable bonds is 5. The fraction of sp³-hybridized carbons (Fsp3) is 0.333. The molecule has 1 nitrogen and oxygen atoms in total. The van der Waals surface area contributed by atoms with Gasteiger partial charge in [-0.05, 0) is 76.7 Å². The van der Waals surface area contributed by atoms with E-state index in [0.717, 1.165) is 11.0 Å². The van der Waals surface area contributed by atoms with Crippen LogP contribution in [0.1, 0.15) is 36.4 Å². The van der Waals surface area contributed by atoms with Crippen LogP contribution < -0.4 is 5.32 Å². The molecule has 0 saturated heterocycles. The fourth-order valence-electron chi connectivity index (χ4n) is 3.13. The molecule has 0 spiro atoms. The monoisotopic (exact) mass is 455 g/mol. The molecule has 3 rings (SSSR count). The van der Waals surface area contributed by atoms with E-state index in [2.05, 4.69) is 99.3 Å². The van der Waals surface area contributed by atoms with Crippen LogP contribution in [0.3, 0.4) is 0 Å². The second kappa shape index (κ2) is 6.80. The minimum Gasteiger partial charge on any atom is -0.310 e. The zero-order valence-electron chi connectivity index (χ0n) is 12.0. The summed E-state index contributed by atoms with van der Waals surface area (Å²) in [6.07, 6.45) is 1.28. The van der Waals surface area contributed by atoms with Crippen LogP contribution in [0.4, 0.5) is 0 Å². The average Bonchev–Trinajstić information content (AvgIpc) is 3.29. The molecule has 1 N–H and O–H groups in total. The molecule has 0 amide bonds. The lowest BCUT2D eigenvalue weighted by atomic mass is 9.98. The van der Waals surface area contributed by atoms with Gasteiger partial charge in [0.2, 0.25) is 0 Å². The van der Waals surface area contributed by atoms with Gasteiger partial charge in [-0.2, -0.15) is 0 Å². The highest BCUT2D eigenvalue weighted by Gasteiger charge is 2.44. The highest BCUT2D eigenvalue weighted by molar-refractivity contribution is 14.1. The average molecular weight is 456 g/mol. The van der Waals surface area contributed by atoms with E-state index >= 15 is 0 Å². The number of halogens is 2. The van der Waals surface area contributed by atoms with E-state index < -0.39 is 0 Å². The zero-order chi connectivity index (χ0) is 14.8. The molecule has 3 heteroatoms. The van der Waals surface area contributed by atoms with Crippen LogP contribution in [0.2, 0.25) is 0 Å². The van der Waals surface area contributed by atoms with Crippen LogP contribution in [-0.2, 0) is 0 Å². The summed E-state index contributed by atoms with van der Waals surface area (Å²) in [6, 6.07) is 18.0. The minimum atomic E-state index is 0.449. The van der Waals surface area contributed by atoms with Crippen molar-refractivity contribution >= 4 is 38.5 Å². The second-order valence-corrected chi connectivity index (χ2v) is 7.70. The van der Waals surface area contributed by atoms with E-state index in [1.54, 1.807) is 0 Å². The van der Waals surface area contributed by atoms with Gasteiger partial charge >= 0.3 is 0 Å². The summed E-state index contributed by atoms with van der Waals surface area (Å²) in [7, 11) is 0. The van der Waals surface area contributed by atoms with Crippen LogP contribution >= 0.6 is 38.5 Å². The Morgan fingerprint density at radius 3 is 2.71 bits per heavy atom. The molecule has 0 aromatic heterocycles. The van der Waals surface area contributed by atoms with Crippen molar-refractivity contribution in [1.82, 2.24) is 5.32 Å². The fourth-order valence-corrected chi connectivity index (χ4v) is 4.18. The van der Waals surface area contributed by atoms with Crippen molar-refractivity contribution in [2.24, 2.45) is 5.92 Å². The molecule has 110 valence electrons. The van der Waals surface area contributed by atoms with Gasteiger partial charge in [0.15, 0.2) is 0 Å². The third kappa shape index (κ3) is 3.51. The predicted octanol–water partition coefficient (Wildman–Crippen LogP) is 5.51. The van der Waals surface area contributed by atoms with Crippen molar-refractivity contribution in [3.63, 3.8) is 0 Å². The van der Waals surface area contributed by atoms with Crippen molar-refractivity contribution in [2.45, 2.75) is 25.3 Å². The molecule has 0 heterocycles. The lowest BCUT2D eigenvalue weighted by molar-refractivity contribution is 0.485. The summed E-state index contributed by atoms with van der Waals surface area (Å²) < 4.78 is 2.51. The van der Waals surface area contributed by atoms with Crippen molar-refractivity contribution in [2.75, 3.05) is 6.54 Å². The Labute approximate surface area is 148 Å². The third-order valence-electron chi connectivity index (χ3n) is 4.21. The molecular formula is C18H19BrIN. The van der Waals surface area contributed by atoms with Crippen LogP contribution in [0, 0.1) is 9.49 Å². The molecule has 1 aliphatic rings. The van der Waals surface area contributed by atoms with Crippen LogP contribution in [0.25, 0.3) is 0 Å². The first-order chi connectivity index (χ1) is 10.2. The Kier molecular flexibility index (Phi) is 5.02. The highest BCUT2D eigenvalue weighted by atomic mass is 127. The molecule has 1 aliphatic carbocycles. The molecule has 1 saturated carbocycles. The number of hydrogen-bond acceptors (Lipinski definition) is 1. The Morgan fingerprint density at radius 1 is 1.24 bits per heavy atom. The van der Waals surface area contributed by atoms with E-state index in [4.69, 9.17) is 0 Å². The van der Waals surface area contributed by atoms with Crippen LogP contribution in [0.15, 0.2) is 53.0 Å². The lowest BCUT2D eigenvalue weighted by Gasteiger charge is -2.20. The van der Waals surface area contributed by atoms with Gasteiger partial charge in [-0.15, -0.1) is 0 Å². The first-order valence-electron chi connectivity index (χ1n) is 7.44. The normalized spacial score (nSPS) is 22.0. The summed E-state index contributed by atoms with van der Waals surface area (Å²) >= 11 is 6.07. The number of nitrogens with one attached hydrogen (secondary N) is 1. The van der Waals surface area contributed by atoms with Gasteiger partial charge in [0.05, 0.1) is 0 Å². The van der Waals surface area contributed by atoms with E-state index in [-0.39, 0.29) is 0 Å². The smallest absolute Gasteiger partial charge is 0.0365 e. The quantitative estimate of drug-likeness (QED) is 0.586. The Morgan fingerprint density at radius 2 is 2.00 bits per heavy atom. The molecule has 2 aromatic carbocycles. The molecule has 0 aliphatic heterocycles. The molecule has 0 radical (unpaired) electrons. The topological polar surface area (TPSA) is 12.0 Å². The van der Waals surface area contributed by atoms with E-state index in [1.807, 2.05) is 0 Å². The predicted molar refractivity (Wildman–Crippen MR) is 101 cm³/mol. The Balaban J connectivity index is 1.85. The maximum Gasteiger partial charge on any atom is 0.0365 e. The van der Waals surface area contributed by atoms with E-state index in [9.17, 15) is 0 Å². The Bertz CT molecular complexity index is 614. The molecule has 0 bridgehead atoms. The van der Waals surface area contributed by atoms with Crippen molar-refractivity contribution in [3.8, 4) is 0 Å². The van der Waals surface area contributed by atoms with Crippen molar-refractivity contribution in [3.05, 3.63) is 67.7 Å². The van der Waals surface area contributed by atoms with Gasteiger partial charge in [0.25, 0.3) is 0 Å². The van der Waals surface area contributed by atoms with E-state index in [1.165, 1.54) is 21.1 Å². The second-order valence-electron chi connectivity index (χ2n) is 5.62. The summed E-state index contributed by atoms with van der Waals surface area (Å²) in [5.74, 6) is 1.40. The SMILES string of the molecule is CCNC(c1cc(Br)ccc1I)C1CC1c1ccccc1. The third-order valence-corrected chi connectivity index (χ3v) is 5.69. The van der Waals surface area contributed by atoms with Gasteiger partial charge in [-0.3, -0.25) is 0 Å². The van der Waals surface area contributed by atoms with Gasteiger partial charge in [-0.1, -0.05) is 53.2 Å². The van der Waals surface area contributed by atoms with Gasteiger partial charge in [0, 0.05) is 14.1 Å². The van der Waals surface area contributed by atoms with E-state index in [0.29, 0.717) is 17.9 Å². The molecule has 3 atom stereocenters. The molecule has 3 unspecified atom stereocenters. The largest absolute Gasteiger partial charge is 0.310 e. The van der Waals surface area contributed by atoms with Gasteiger partial charge in [0.1, 0.15) is 0 Å². The summed E-state index contributed by atoms with van der Waals surface area (Å²) in [6.45, 7) is 3.20. The first kappa shape index (κ1) is 15.5. The molecule has 1 fully saturated rings. The molecule has 2 aromatic rings. The number of benzene rings is 2. The van der Waals surface area contributed by atoms with Gasteiger partial charge in [-0.25, -0.2) is 0 Å². The maximum atomic E-state index is 3.70. The summed E-state index contributed by atoms with van der Waals surface area (Å²) in [5, 5.41) is 3.70. The first-order valence-corrected chi connectivity index (χ1v) is 9.31. The highest BCUT2D eigenvalue weighted by Crippen LogP contribution is 2.54. The maximum absolute atomic E-state index is 3.70. The zero-order valence-corrected chi connectivity index (χ0v) is 15.8. The summed E-state index contributed by atoms with van der Waals surface area (Å²) in [5.41, 5.74) is 2.91. The minimum absolute atomic E-state index is 0.449. The molecule has 21 heavy (non-hydrogen) atoms. The summed E-state index contributed by atoms with van der Waals surface area (Å²) in [4.78, 5) is 0. The van der Waals surface area contributed by atoms with Crippen molar-refractivity contribution < 1.29 is 0 Å². The van der Waals surface area contributed by atoms with Crippen LogP contribution in [0.5, 0.6) is 0 Å². The number of hydrogen-bond donors (Lipinski definition) is 1. The Hall–Kier alpha value is -0.390. The standard InChI is InChI=1S/C18H19BrIN/c1-2-21-18(16-10-13(19)8-9-17(16)20)15-11-14(15)12-6-4-3-5-7-12/h3-10,14-15,18,21H,2,11H2,1H3. The van der Waals surface area contributed by atoms with Crippen LogP contribution in [-0.4, -0.2) is 6.54 Å². The van der Waals surface area contributed by atoms with Gasteiger partial charge < -0.3 is 5.32 Å². The molecular weight excluding hydrogens is 437 g/mol. The van der Waals surface area contributed by atoms with Crippen molar-refractivity contribution in [1.29, 1.82) is 0 Å². The lowest BCUT2D eigenvalue weighted by Crippen LogP contribution is -2.24.